The van der Waals surface area contributed by atoms with E-state index in [-0.39, 0.29) is 28.5 Å². The van der Waals surface area contributed by atoms with E-state index in [1.165, 1.54) is 4.90 Å². The Kier molecular flexibility index (Phi) is 3.08. The maximum absolute atomic E-state index is 11.5. The molecule has 1 unspecified atom stereocenters. The zero-order valence-electron chi connectivity index (χ0n) is 7.63. The molecule has 1 aromatic rings. The van der Waals surface area contributed by atoms with Crippen molar-refractivity contribution in [3.05, 3.63) is 4.47 Å². The van der Waals surface area contributed by atoms with Gasteiger partial charge in [0.05, 0.1) is 0 Å². The lowest BCUT2D eigenvalue weighted by molar-refractivity contribution is -0.117. The average molecular weight is 302 g/mol. The molecule has 1 aromatic heterocycles. The van der Waals surface area contributed by atoms with Gasteiger partial charge in [0.15, 0.2) is 0 Å². The molecule has 0 N–H and O–H groups in total. The van der Waals surface area contributed by atoms with Crippen molar-refractivity contribution < 1.29 is 13.2 Å². The van der Waals surface area contributed by atoms with Crippen LogP contribution in [0.2, 0.25) is 4.47 Å². The molecule has 1 saturated heterocycles. The van der Waals surface area contributed by atoms with E-state index < -0.39 is 14.3 Å². The number of hydrogen-bond donors (Lipinski definition) is 0. The van der Waals surface area contributed by atoms with E-state index in [4.69, 9.17) is 22.3 Å². The molecular formula is C6H5Cl2N3O3S2. The van der Waals surface area contributed by atoms with Gasteiger partial charge < -0.3 is 0 Å². The van der Waals surface area contributed by atoms with Gasteiger partial charge in [-0.2, -0.15) is 0 Å². The molecule has 1 atom stereocenters. The van der Waals surface area contributed by atoms with Crippen LogP contribution in [-0.4, -0.2) is 36.3 Å². The monoisotopic (exact) mass is 301 g/mol. The fraction of sp³-hybridized carbons (Fsp3) is 0.500. The quantitative estimate of drug-likeness (QED) is 0.757. The minimum absolute atomic E-state index is 0.00378. The van der Waals surface area contributed by atoms with Crippen molar-refractivity contribution in [1.29, 1.82) is 0 Å². The first kappa shape index (κ1) is 12.0. The zero-order chi connectivity index (χ0) is 11.9. The Morgan fingerprint density at radius 3 is 2.56 bits per heavy atom. The number of carbonyl (C=O) groups excluding carboxylic acids is 1. The fourth-order valence-corrected chi connectivity index (χ4v) is 3.23. The minimum Gasteiger partial charge on any atom is -0.285 e. The summed E-state index contributed by atoms with van der Waals surface area (Å²) >= 11 is 6.59. The third-order valence-electron chi connectivity index (χ3n) is 2.11. The second-order valence-electron chi connectivity index (χ2n) is 3.14. The molecule has 2 heterocycles. The Morgan fingerprint density at radius 1 is 1.44 bits per heavy atom. The van der Waals surface area contributed by atoms with Gasteiger partial charge in [0.2, 0.25) is 24.6 Å². The number of hydrogen-bond acceptors (Lipinski definition) is 6. The van der Waals surface area contributed by atoms with Gasteiger partial charge in [-0.1, -0.05) is 11.3 Å². The van der Waals surface area contributed by atoms with Crippen LogP contribution in [0.4, 0.5) is 5.13 Å². The van der Waals surface area contributed by atoms with Gasteiger partial charge in [-0.3, -0.25) is 9.69 Å². The predicted molar refractivity (Wildman–Crippen MR) is 60.4 cm³/mol. The third-order valence-corrected chi connectivity index (χ3v) is 5.02. The van der Waals surface area contributed by atoms with Crippen LogP contribution >= 0.6 is 33.6 Å². The maximum atomic E-state index is 11.5. The molecule has 0 aliphatic carbocycles. The Bertz CT molecular complexity index is 529. The number of halogens is 2. The smallest absolute Gasteiger partial charge is 0.237 e. The van der Waals surface area contributed by atoms with Crippen LogP contribution in [0.1, 0.15) is 6.42 Å². The van der Waals surface area contributed by atoms with Gasteiger partial charge >= 0.3 is 0 Å². The molecule has 16 heavy (non-hydrogen) atoms. The summed E-state index contributed by atoms with van der Waals surface area (Å²) < 4.78 is 22.4. The van der Waals surface area contributed by atoms with Crippen LogP contribution < -0.4 is 4.90 Å². The van der Waals surface area contributed by atoms with Crippen molar-refractivity contribution in [2.75, 3.05) is 11.4 Å². The van der Waals surface area contributed by atoms with Gasteiger partial charge in [0.1, 0.15) is 5.25 Å². The van der Waals surface area contributed by atoms with Crippen molar-refractivity contribution in [1.82, 2.24) is 10.2 Å². The standard InChI is InChI=1S/C6H5Cl2N3O3S2/c7-5-9-10-6(15-5)11-2-3(1-4(11)12)16(8,13)14/h3H,1-2H2. The van der Waals surface area contributed by atoms with Gasteiger partial charge in [0, 0.05) is 23.6 Å². The summed E-state index contributed by atoms with van der Waals surface area (Å²) in [5.74, 6) is -0.345. The molecular weight excluding hydrogens is 297 g/mol. The van der Waals surface area contributed by atoms with E-state index >= 15 is 0 Å². The van der Waals surface area contributed by atoms with Crippen LogP contribution in [0, 0.1) is 0 Å². The van der Waals surface area contributed by atoms with Crippen molar-refractivity contribution in [3.63, 3.8) is 0 Å². The normalized spacial score (nSPS) is 21.8. The summed E-state index contributed by atoms with van der Waals surface area (Å²) in [4.78, 5) is 12.8. The second-order valence-corrected chi connectivity index (χ2v) is 7.59. The number of carbonyl (C=O) groups is 1. The molecule has 0 saturated carbocycles. The first-order valence-electron chi connectivity index (χ1n) is 4.11. The van der Waals surface area contributed by atoms with Gasteiger partial charge in [-0.15, -0.1) is 10.2 Å². The Labute approximate surface area is 105 Å². The lowest BCUT2D eigenvalue weighted by Gasteiger charge is -2.10. The van der Waals surface area contributed by atoms with E-state index in [9.17, 15) is 13.2 Å². The van der Waals surface area contributed by atoms with Crippen LogP contribution in [0.15, 0.2) is 0 Å². The van der Waals surface area contributed by atoms with Gasteiger partial charge in [0.25, 0.3) is 0 Å². The van der Waals surface area contributed by atoms with E-state index in [0.717, 1.165) is 11.3 Å². The van der Waals surface area contributed by atoms with Crippen LogP contribution in [-0.2, 0) is 13.8 Å². The highest BCUT2D eigenvalue weighted by atomic mass is 35.7. The van der Waals surface area contributed by atoms with E-state index in [1.54, 1.807) is 0 Å². The molecule has 0 aromatic carbocycles. The molecule has 2 rings (SSSR count). The molecule has 6 nitrogen and oxygen atoms in total. The molecule has 0 bridgehead atoms. The van der Waals surface area contributed by atoms with Gasteiger partial charge in [-0.05, 0) is 11.6 Å². The molecule has 88 valence electrons. The van der Waals surface area contributed by atoms with Crippen molar-refractivity contribution >= 4 is 53.7 Å². The highest BCUT2D eigenvalue weighted by Gasteiger charge is 2.39. The highest BCUT2D eigenvalue weighted by Crippen LogP contribution is 2.30. The third kappa shape index (κ3) is 2.29. The summed E-state index contributed by atoms with van der Waals surface area (Å²) in [5, 5.41) is 6.60. The molecule has 0 spiro atoms. The Balaban J connectivity index is 2.24. The number of aromatic nitrogens is 2. The lowest BCUT2D eigenvalue weighted by atomic mass is 10.4. The molecule has 1 aliphatic rings. The predicted octanol–water partition coefficient (Wildman–Crippen LogP) is 0.865. The molecule has 1 amide bonds. The summed E-state index contributed by atoms with van der Waals surface area (Å²) in [6, 6.07) is 0. The first-order valence-corrected chi connectivity index (χ1v) is 7.67. The van der Waals surface area contributed by atoms with E-state index in [2.05, 4.69) is 10.2 Å². The fourth-order valence-electron chi connectivity index (χ4n) is 1.36. The van der Waals surface area contributed by atoms with E-state index in [1.807, 2.05) is 0 Å². The number of anilines is 1. The summed E-state index contributed by atoms with van der Waals surface area (Å²) in [7, 11) is 1.46. The van der Waals surface area contributed by atoms with Crippen molar-refractivity contribution in [2.24, 2.45) is 0 Å². The zero-order valence-corrected chi connectivity index (χ0v) is 10.8. The van der Waals surface area contributed by atoms with E-state index in [0.29, 0.717) is 0 Å². The highest BCUT2D eigenvalue weighted by molar-refractivity contribution is 8.14. The summed E-state index contributed by atoms with van der Waals surface area (Å²) in [6.07, 6.45) is -0.136. The van der Waals surface area contributed by atoms with Crippen molar-refractivity contribution in [3.8, 4) is 0 Å². The largest absolute Gasteiger partial charge is 0.285 e. The Morgan fingerprint density at radius 2 is 2.12 bits per heavy atom. The summed E-state index contributed by atoms with van der Waals surface area (Å²) in [5.41, 5.74) is 0. The van der Waals surface area contributed by atoms with Crippen LogP contribution in [0.3, 0.4) is 0 Å². The van der Waals surface area contributed by atoms with Gasteiger partial charge in [-0.25, -0.2) is 8.42 Å². The molecule has 1 aliphatic heterocycles. The molecule has 10 heteroatoms. The molecule has 0 radical (unpaired) electrons. The SMILES string of the molecule is O=C1CC(S(=O)(=O)Cl)CN1c1nnc(Cl)s1. The number of nitrogens with zero attached hydrogens (tertiary/aromatic N) is 3. The lowest BCUT2D eigenvalue weighted by Crippen LogP contribution is -2.26. The van der Waals surface area contributed by atoms with Crippen LogP contribution in [0.25, 0.3) is 0 Å². The second kappa shape index (κ2) is 4.10. The number of rotatable bonds is 2. The van der Waals surface area contributed by atoms with Crippen molar-refractivity contribution in [2.45, 2.75) is 11.7 Å². The molecule has 1 fully saturated rings. The Hall–Kier alpha value is -0.440. The maximum Gasteiger partial charge on any atom is 0.237 e. The number of amides is 1. The topological polar surface area (TPSA) is 80.2 Å². The minimum atomic E-state index is -3.74. The summed E-state index contributed by atoms with van der Waals surface area (Å²) in [6.45, 7) is -0.00378. The average Bonchev–Trinajstić information content (AvgIpc) is 2.70. The van der Waals surface area contributed by atoms with Crippen LogP contribution in [0.5, 0.6) is 0 Å². The first-order chi connectivity index (χ1) is 7.38.